The fourth-order valence-electron chi connectivity index (χ4n) is 1.93. The molecule has 0 amide bonds. The van der Waals surface area contributed by atoms with E-state index < -0.39 is 38.5 Å². The molecule has 1 aromatic rings. The predicted molar refractivity (Wildman–Crippen MR) is 71.8 cm³/mol. The maximum absolute atomic E-state index is 13.7. The van der Waals surface area contributed by atoms with Gasteiger partial charge in [-0.25, -0.2) is 12.8 Å². The number of methoxy groups -OCH3 is 1. The third kappa shape index (κ3) is 3.69. The zero-order valence-electron chi connectivity index (χ0n) is 11.5. The third-order valence-electron chi connectivity index (χ3n) is 2.85. The normalized spacial score (nSPS) is 13.2. The number of carboxylic acids is 1. The van der Waals surface area contributed by atoms with Crippen LogP contribution in [-0.4, -0.2) is 31.9 Å². The van der Waals surface area contributed by atoms with Crippen molar-refractivity contribution in [3.63, 3.8) is 0 Å². The van der Waals surface area contributed by atoms with Crippen LogP contribution in [0.15, 0.2) is 18.2 Å². The van der Waals surface area contributed by atoms with Crippen molar-refractivity contribution in [1.29, 1.82) is 0 Å². The van der Waals surface area contributed by atoms with Crippen LogP contribution in [0.4, 0.5) is 4.39 Å². The lowest BCUT2D eigenvalue weighted by molar-refractivity contribution is -0.137. The second kappa shape index (κ2) is 6.21. The highest BCUT2D eigenvalue weighted by Gasteiger charge is 2.35. The fraction of sp³-hybridized carbons (Fsp3) is 0.462. The van der Waals surface area contributed by atoms with E-state index in [-0.39, 0.29) is 11.3 Å². The minimum absolute atomic E-state index is 0.0716. The number of carbonyl (C=O) groups is 1. The van der Waals surface area contributed by atoms with Crippen molar-refractivity contribution in [2.45, 2.75) is 24.9 Å². The summed E-state index contributed by atoms with van der Waals surface area (Å²) in [6.45, 7) is 3.00. The monoisotopic (exact) mass is 304 g/mol. The van der Waals surface area contributed by atoms with Gasteiger partial charge in [-0.15, -0.1) is 0 Å². The summed E-state index contributed by atoms with van der Waals surface area (Å²) in [4.78, 5) is 11.1. The van der Waals surface area contributed by atoms with Crippen molar-refractivity contribution in [2.75, 3.05) is 7.11 Å². The standard InChI is InChI=1S/C13H17FO5S/c1-8(2)12(13(15)16)20(17,18)7-9-4-5-10(19-3)6-11(9)14/h4-6,8,12H,7H2,1-3H3,(H,15,16). The molecule has 0 fully saturated rings. The van der Waals surface area contributed by atoms with Crippen molar-refractivity contribution >= 4 is 15.8 Å². The number of benzene rings is 1. The fourth-order valence-corrected chi connectivity index (χ4v) is 3.92. The Morgan fingerprint density at radius 3 is 2.40 bits per heavy atom. The van der Waals surface area contributed by atoms with Crippen molar-refractivity contribution < 1.29 is 27.4 Å². The molecule has 0 aliphatic carbocycles. The summed E-state index contributed by atoms with van der Waals surface area (Å²) < 4.78 is 42.8. The van der Waals surface area contributed by atoms with Crippen LogP contribution in [0.2, 0.25) is 0 Å². The minimum atomic E-state index is -4.00. The van der Waals surface area contributed by atoms with Gasteiger partial charge in [-0.2, -0.15) is 0 Å². The summed E-state index contributed by atoms with van der Waals surface area (Å²) in [6, 6.07) is 3.78. The van der Waals surface area contributed by atoms with Gasteiger partial charge in [0, 0.05) is 11.6 Å². The van der Waals surface area contributed by atoms with Crippen molar-refractivity contribution in [3.8, 4) is 5.75 Å². The Labute approximate surface area is 117 Å². The molecule has 0 aromatic heterocycles. The number of carboxylic acid groups (broad SMARTS) is 1. The lowest BCUT2D eigenvalue weighted by Crippen LogP contribution is -2.35. The minimum Gasteiger partial charge on any atom is -0.497 e. The van der Waals surface area contributed by atoms with Crippen LogP contribution in [0.25, 0.3) is 0 Å². The number of hydrogen-bond acceptors (Lipinski definition) is 4. The second-order valence-electron chi connectivity index (χ2n) is 4.77. The van der Waals surface area contributed by atoms with Gasteiger partial charge in [0.2, 0.25) is 0 Å². The molecule has 0 radical (unpaired) electrons. The molecule has 0 saturated heterocycles. The molecule has 1 aromatic carbocycles. The van der Waals surface area contributed by atoms with Gasteiger partial charge >= 0.3 is 5.97 Å². The molecule has 0 aliphatic rings. The van der Waals surface area contributed by atoms with E-state index in [4.69, 9.17) is 9.84 Å². The van der Waals surface area contributed by atoms with E-state index in [0.29, 0.717) is 0 Å². The van der Waals surface area contributed by atoms with Crippen LogP contribution in [0.5, 0.6) is 5.75 Å². The zero-order chi connectivity index (χ0) is 15.5. The Morgan fingerprint density at radius 1 is 1.40 bits per heavy atom. The Morgan fingerprint density at radius 2 is 2.00 bits per heavy atom. The second-order valence-corrected chi connectivity index (χ2v) is 6.89. The van der Waals surface area contributed by atoms with Gasteiger partial charge in [0.05, 0.1) is 12.9 Å². The van der Waals surface area contributed by atoms with E-state index in [1.165, 1.54) is 33.1 Å². The van der Waals surface area contributed by atoms with Crippen LogP contribution in [0, 0.1) is 11.7 Å². The van der Waals surface area contributed by atoms with Crippen molar-refractivity contribution in [1.82, 2.24) is 0 Å². The maximum atomic E-state index is 13.7. The smallest absolute Gasteiger partial charge is 0.322 e. The Kier molecular flexibility index (Phi) is 5.10. The SMILES string of the molecule is COc1ccc(CS(=O)(=O)C(C(=O)O)C(C)C)c(F)c1. The van der Waals surface area contributed by atoms with Crippen LogP contribution < -0.4 is 4.74 Å². The average molecular weight is 304 g/mol. The van der Waals surface area contributed by atoms with Crippen LogP contribution in [0.3, 0.4) is 0 Å². The third-order valence-corrected chi connectivity index (χ3v) is 5.09. The first-order chi connectivity index (χ1) is 9.19. The molecular formula is C13H17FO5S. The van der Waals surface area contributed by atoms with Gasteiger partial charge in [0.15, 0.2) is 15.1 Å². The molecule has 112 valence electrons. The van der Waals surface area contributed by atoms with Crippen molar-refractivity contribution in [2.24, 2.45) is 5.92 Å². The summed E-state index contributed by atoms with van der Waals surface area (Å²) in [7, 11) is -2.63. The van der Waals surface area contributed by atoms with E-state index in [0.717, 1.165) is 6.07 Å². The van der Waals surface area contributed by atoms with E-state index in [1.807, 2.05) is 0 Å². The van der Waals surface area contributed by atoms with Crippen LogP contribution in [0.1, 0.15) is 19.4 Å². The average Bonchev–Trinajstić information content (AvgIpc) is 2.29. The van der Waals surface area contributed by atoms with Crippen LogP contribution in [-0.2, 0) is 20.4 Å². The topological polar surface area (TPSA) is 80.7 Å². The van der Waals surface area contributed by atoms with E-state index in [9.17, 15) is 17.6 Å². The highest BCUT2D eigenvalue weighted by Crippen LogP contribution is 2.22. The molecule has 1 N–H and O–H groups in total. The highest BCUT2D eigenvalue weighted by molar-refractivity contribution is 7.92. The predicted octanol–water partition coefficient (Wildman–Crippen LogP) is 1.86. The molecule has 5 nitrogen and oxygen atoms in total. The highest BCUT2D eigenvalue weighted by atomic mass is 32.2. The number of hydrogen-bond donors (Lipinski definition) is 1. The Balaban J connectivity index is 3.10. The molecule has 0 saturated carbocycles. The molecule has 1 rings (SSSR count). The van der Waals surface area contributed by atoms with Crippen LogP contribution >= 0.6 is 0 Å². The molecule has 0 aliphatic heterocycles. The van der Waals surface area contributed by atoms with Gasteiger partial charge in [0.1, 0.15) is 11.6 Å². The molecule has 7 heteroatoms. The number of rotatable bonds is 6. The summed E-state index contributed by atoms with van der Waals surface area (Å²) in [5.41, 5.74) is -0.0716. The first kappa shape index (κ1) is 16.4. The number of ether oxygens (including phenoxy) is 1. The molecule has 1 atom stereocenters. The number of sulfone groups is 1. The Bertz CT molecular complexity index is 595. The maximum Gasteiger partial charge on any atom is 0.322 e. The molecule has 0 heterocycles. The first-order valence-corrected chi connectivity index (χ1v) is 7.67. The summed E-state index contributed by atoms with van der Waals surface area (Å²) in [5.74, 6) is -3.14. The Hall–Kier alpha value is -1.63. The van der Waals surface area contributed by atoms with Gasteiger partial charge in [-0.05, 0) is 12.0 Å². The summed E-state index contributed by atoms with van der Waals surface area (Å²) >= 11 is 0. The summed E-state index contributed by atoms with van der Waals surface area (Å²) in [5, 5.41) is 7.46. The number of aliphatic carboxylic acids is 1. The molecule has 0 spiro atoms. The molecule has 0 bridgehead atoms. The molecular weight excluding hydrogens is 287 g/mol. The lowest BCUT2D eigenvalue weighted by atomic mass is 10.1. The quantitative estimate of drug-likeness (QED) is 0.867. The van der Waals surface area contributed by atoms with Crippen molar-refractivity contribution in [3.05, 3.63) is 29.6 Å². The van der Waals surface area contributed by atoms with E-state index >= 15 is 0 Å². The van der Waals surface area contributed by atoms with Gasteiger partial charge < -0.3 is 9.84 Å². The van der Waals surface area contributed by atoms with Gasteiger partial charge in [0.25, 0.3) is 0 Å². The summed E-state index contributed by atoms with van der Waals surface area (Å²) in [6.07, 6.45) is 0. The zero-order valence-corrected chi connectivity index (χ0v) is 12.3. The van der Waals surface area contributed by atoms with E-state index in [2.05, 4.69) is 0 Å². The van der Waals surface area contributed by atoms with Gasteiger partial charge in [-0.1, -0.05) is 19.9 Å². The van der Waals surface area contributed by atoms with Gasteiger partial charge in [-0.3, -0.25) is 4.79 Å². The first-order valence-electron chi connectivity index (χ1n) is 5.96. The largest absolute Gasteiger partial charge is 0.497 e. The van der Waals surface area contributed by atoms with E-state index in [1.54, 1.807) is 0 Å². The lowest BCUT2D eigenvalue weighted by Gasteiger charge is -2.17. The molecule has 1 unspecified atom stereocenters. The molecule has 20 heavy (non-hydrogen) atoms. The number of halogens is 1.